The summed E-state index contributed by atoms with van der Waals surface area (Å²) in [6.45, 7) is 8.47. The van der Waals surface area contributed by atoms with E-state index in [1.807, 2.05) is 24.8 Å². The van der Waals surface area contributed by atoms with E-state index in [4.69, 9.17) is 4.74 Å². The fourth-order valence-corrected chi connectivity index (χ4v) is 3.73. The topological polar surface area (TPSA) is 72.6 Å². The maximum Gasteiger partial charge on any atom is 0.147 e. The Kier molecular flexibility index (Phi) is 5.04. The monoisotopic (exact) mass is 330 g/mol. The first kappa shape index (κ1) is 17.2. The van der Waals surface area contributed by atoms with Gasteiger partial charge in [0.1, 0.15) is 17.5 Å². The Morgan fingerprint density at radius 3 is 2.79 bits per heavy atom. The summed E-state index contributed by atoms with van der Waals surface area (Å²) in [5.74, 6) is 0.667. The Bertz CT molecular complexity index is 637. The number of nitrogens with zero attached hydrogens (tertiary/aromatic N) is 4. The molecule has 0 aromatic carbocycles. The number of hydrogen-bond donors (Lipinski definition) is 1. The number of pyridine rings is 1. The van der Waals surface area contributed by atoms with Gasteiger partial charge in [-0.05, 0) is 51.4 Å². The quantitative estimate of drug-likeness (QED) is 0.899. The van der Waals surface area contributed by atoms with E-state index in [-0.39, 0.29) is 0 Å². The zero-order valence-corrected chi connectivity index (χ0v) is 14.6. The summed E-state index contributed by atoms with van der Waals surface area (Å²) in [5.41, 5.74) is 1.46. The first-order chi connectivity index (χ1) is 11.5. The minimum atomic E-state index is -0.938. The molecule has 24 heavy (non-hydrogen) atoms. The van der Waals surface area contributed by atoms with Gasteiger partial charge in [-0.2, -0.15) is 5.26 Å². The van der Waals surface area contributed by atoms with Crippen molar-refractivity contribution in [1.82, 2.24) is 9.88 Å². The van der Waals surface area contributed by atoms with Crippen LogP contribution >= 0.6 is 0 Å². The number of ether oxygens (including phenoxy) is 1. The molecule has 0 amide bonds. The Labute approximate surface area is 143 Å². The van der Waals surface area contributed by atoms with Crippen molar-refractivity contribution in [2.45, 2.75) is 32.3 Å². The highest BCUT2D eigenvalue weighted by Gasteiger charge is 2.36. The van der Waals surface area contributed by atoms with E-state index in [1.54, 1.807) is 0 Å². The lowest BCUT2D eigenvalue weighted by molar-refractivity contribution is -0.0439. The van der Waals surface area contributed by atoms with E-state index in [2.05, 4.69) is 16.0 Å². The summed E-state index contributed by atoms with van der Waals surface area (Å²) < 4.78 is 5.68. The number of β-amino-alcohol motifs (C(OH)–C–C–N with tert-alkyl or cyclic N) is 1. The van der Waals surface area contributed by atoms with Crippen molar-refractivity contribution in [3.63, 3.8) is 0 Å². The van der Waals surface area contributed by atoms with Gasteiger partial charge in [-0.15, -0.1) is 0 Å². The SMILES string of the molecule is Cc1cc(C)c(C#N)c(N2CCOC[C@@](O)(CN3CCCC3)C2)n1. The molecule has 130 valence electrons. The molecular formula is C18H26N4O2. The highest BCUT2D eigenvalue weighted by atomic mass is 16.5. The molecule has 2 aliphatic heterocycles. The standard InChI is InChI=1S/C18H26N4O2/c1-14-9-15(2)20-17(16(14)10-19)22-7-8-24-13-18(23,12-22)11-21-5-3-4-6-21/h9,23H,3-8,11-13H2,1-2H3/t18-/m1/s1. The molecule has 0 saturated carbocycles. The van der Waals surface area contributed by atoms with E-state index < -0.39 is 5.60 Å². The first-order valence-electron chi connectivity index (χ1n) is 8.66. The summed E-state index contributed by atoms with van der Waals surface area (Å²) in [5, 5.41) is 20.7. The Balaban J connectivity index is 1.86. The average Bonchev–Trinajstić information content (AvgIpc) is 2.94. The average molecular weight is 330 g/mol. The number of rotatable bonds is 3. The lowest BCUT2D eigenvalue weighted by atomic mass is 10.0. The molecule has 6 heteroatoms. The zero-order valence-electron chi connectivity index (χ0n) is 14.6. The molecule has 0 unspecified atom stereocenters. The molecule has 1 aromatic rings. The second kappa shape index (κ2) is 7.06. The second-order valence-corrected chi connectivity index (χ2v) is 7.07. The van der Waals surface area contributed by atoms with Gasteiger partial charge in [-0.1, -0.05) is 0 Å². The third-order valence-corrected chi connectivity index (χ3v) is 4.81. The smallest absolute Gasteiger partial charge is 0.147 e. The summed E-state index contributed by atoms with van der Waals surface area (Å²) >= 11 is 0. The Morgan fingerprint density at radius 1 is 1.33 bits per heavy atom. The summed E-state index contributed by atoms with van der Waals surface area (Å²) in [7, 11) is 0. The Morgan fingerprint density at radius 2 is 2.08 bits per heavy atom. The van der Waals surface area contributed by atoms with Crippen molar-refractivity contribution in [1.29, 1.82) is 5.26 Å². The van der Waals surface area contributed by atoms with Crippen LogP contribution in [0.5, 0.6) is 0 Å². The minimum Gasteiger partial charge on any atom is -0.384 e. The molecule has 0 bridgehead atoms. The Hall–Kier alpha value is -1.68. The highest BCUT2D eigenvalue weighted by Crippen LogP contribution is 2.26. The van der Waals surface area contributed by atoms with Crippen LogP contribution in [0.25, 0.3) is 0 Å². The van der Waals surface area contributed by atoms with Crippen LogP contribution in [0.4, 0.5) is 5.82 Å². The van der Waals surface area contributed by atoms with Gasteiger partial charge in [0.2, 0.25) is 0 Å². The summed E-state index contributed by atoms with van der Waals surface area (Å²) in [6, 6.07) is 4.20. The molecule has 2 aliphatic rings. The maximum atomic E-state index is 11.1. The van der Waals surface area contributed by atoms with E-state index in [9.17, 15) is 10.4 Å². The molecule has 0 aliphatic carbocycles. The lowest BCUT2D eigenvalue weighted by Crippen LogP contribution is -2.52. The number of aromatic nitrogens is 1. The third-order valence-electron chi connectivity index (χ3n) is 4.81. The van der Waals surface area contributed by atoms with Crippen LogP contribution in [-0.4, -0.2) is 66.5 Å². The lowest BCUT2D eigenvalue weighted by Gasteiger charge is -2.34. The van der Waals surface area contributed by atoms with Crippen molar-refractivity contribution in [3.05, 3.63) is 22.9 Å². The van der Waals surface area contributed by atoms with Gasteiger partial charge < -0.3 is 19.6 Å². The zero-order chi connectivity index (χ0) is 17.2. The van der Waals surface area contributed by atoms with Crippen LogP contribution in [0.15, 0.2) is 6.07 Å². The normalized spacial score (nSPS) is 25.5. The number of aryl methyl sites for hydroxylation is 2. The molecule has 0 radical (unpaired) electrons. The van der Waals surface area contributed by atoms with Gasteiger partial charge in [0.05, 0.1) is 25.3 Å². The fraction of sp³-hybridized carbons (Fsp3) is 0.667. The van der Waals surface area contributed by atoms with Gasteiger partial charge in [-0.3, -0.25) is 0 Å². The van der Waals surface area contributed by atoms with Crippen LogP contribution in [-0.2, 0) is 4.74 Å². The van der Waals surface area contributed by atoms with Crippen LogP contribution in [0.2, 0.25) is 0 Å². The van der Waals surface area contributed by atoms with Crippen LogP contribution < -0.4 is 4.90 Å². The molecule has 3 heterocycles. The number of likely N-dealkylation sites (tertiary alicyclic amines) is 1. The third kappa shape index (κ3) is 3.69. The highest BCUT2D eigenvalue weighted by molar-refractivity contribution is 5.58. The van der Waals surface area contributed by atoms with Crippen molar-refractivity contribution >= 4 is 5.82 Å². The number of hydrogen-bond acceptors (Lipinski definition) is 6. The molecule has 3 rings (SSSR count). The van der Waals surface area contributed by atoms with Gasteiger partial charge in [0, 0.05) is 18.8 Å². The number of nitriles is 1. The molecule has 1 aromatic heterocycles. The summed E-state index contributed by atoms with van der Waals surface area (Å²) in [4.78, 5) is 8.90. The fourth-order valence-electron chi connectivity index (χ4n) is 3.73. The van der Waals surface area contributed by atoms with E-state index in [0.29, 0.717) is 44.2 Å². The maximum absolute atomic E-state index is 11.1. The van der Waals surface area contributed by atoms with Gasteiger partial charge in [0.15, 0.2) is 0 Å². The minimum absolute atomic E-state index is 0.326. The van der Waals surface area contributed by atoms with Crippen LogP contribution in [0.1, 0.15) is 29.7 Å². The van der Waals surface area contributed by atoms with Crippen LogP contribution in [0, 0.1) is 25.2 Å². The predicted octanol–water partition coefficient (Wildman–Crippen LogP) is 1.23. The largest absolute Gasteiger partial charge is 0.384 e. The number of anilines is 1. The van der Waals surface area contributed by atoms with Crippen molar-refractivity contribution in [3.8, 4) is 6.07 Å². The molecule has 0 spiro atoms. The molecular weight excluding hydrogens is 304 g/mol. The molecule has 6 nitrogen and oxygen atoms in total. The predicted molar refractivity (Wildman–Crippen MR) is 92.1 cm³/mol. The van der Waals surface area contributed by atoms with E-state index >= 15 is 0 Å². The molecule has 2 saturated heterocycles. The van der Waals surface area contributed by atoms with Crippen LogP contribution in [0.3, 0.4) is 0 Å². The molecule has 2 fully saturated rings. The molecule has 1 N–H and O–H groups in total. The van der Waals surface area contributed by atoms with Gasteiger partial charge in [0.25, 0.3) is 0 Å². The van der Waals surface area contributed by atoms with Crippen molar-refractivity contribution in [2.75, 3.05) is 50.8 Å². The van der Waals surface area contributed by atoms with Crippen molar-refractivity contribution < 1.29 is 9.84 Å². The second-order valence-electron chi connectivity index (χ2n) is 7.07. The van der Waals surface area contributed by atoms with E-state index in [1.165, 1.54) is 12.8 Å². The van der Waals surface area contributed by atoms with E-state index in [0.717, 1.165) is 24.3 Å². The van der Waals surface area contributed by atoms with Gasteiger partial charge in [-0.25, -0.2) is 4.98 Å². The first-order valence-corrected chi connectivity index (χ1v) is 8.66. The van der Waals surface area contributed by atoms with Crippen molar-refractivity contribution in [2.24, 2.45) is 0 Å². The summed E-state index contributed by atoms with van der Waals surface area (Å²) in [6.07, 6.45) is 2.38. The van der Waals surface area contributed by atoms with Gasteiger partial charge >= 0.3 is 0 Å². The molecule has 1 atom stereocenters. The number of aliphatic hydroxyl groups is 1.